The van der Waals surface area contributed by atoms with E-state index in [4.69, 9.17) is 4.74 Å². The van der Waals surface area contributed by atoms with E-state index in [-0.39, 0.29) is 12.0 Å². The van der Waals surface area contributed by atoms with Crippen LogP contribution < -0.4 is 5.32 Å². The van der Waals surface area contributed by atoms with Gasteiger partial charge in [-0.15, -0.1) is 0 Å². The average Bonchev–Trinajstić information content (AvgIpc) is 3.38. The molecule has 0 spiro atoms. The molecule has 1 heterocycles. The first kappa shape index (κ1) is 17.1. The van der Waals surface area contributed by atoms with Gasteiger partial charge in [-0.25, -0.2) is 0 Å². The van der Waals surface area contributed by atoms with Gasteiger partial charge in [-0.2, -0.15) is 0 Å². The van der Waals surface area contributed by atoms with Gasteiger partial charge in [0.1, 0.15) is 0 Å². The molecule has 2 aliphatic rings. The topological polar surface area (TPSA) is 44.8 Å². The zero-order chi connectivity index (χ0) is 16.1. The molecule has 1 saturated heterocycles. The number of hydrogen-bond donors (Lipinski definition) is 1. The highest BCUT2D eigenvalue weighted by atomic mass is 16.5. The normalized spacial score (nSPS) is 24.4. The minimum atomic E-state index is 0.0498. The lowest BCUT2D eigenvalue weighted by molar-refractivity contribution is -0.139. The van der Waals surface area contributed by atoms with Crippen LogP contribution in [0.2, 0.25) is 0 Å². The van der Waals surface area contributed by atoms with Crippen molar-refractivity contribution in [2.75, 3.05) is 33.8 Å². The Hall–Kier alpha value is -1.23. The second-order valence-corrected chi connectivity index (χ2v) is 6.33. The largest absolute Gasteiger partial charge is 0.381 e. The molecule has 0 bridgehead atoms. The number of carbonyl (C=O) groups is 1. The van der Waals surface area contributed by atoms with Crippen molar-refractivity contribution in [1.29, 1.82) is 0 Å². The van der Waals surface area contributed by atoms with Crippen molar-refractivity contribution in [3.63, 3.8) is 0 Å². The quantitative estimate of drug-likeness (QED) is 0.779. The van der Waals surface area contributed by atoms with Crippen LogP contribution in [0.25, 0.3) is 0 Å². The fourth-order valence-electron chi connectivity index (χ4n) is 3.41. The molecule has 1 aliphatic heterocycles. The van der Waals surface area contributed by atoms with E-state index in [0.29, 0.717) is 18.4 Å². The number of allylic oxidation sites excluding steroid dienone is 1. The molecule has 0 aromatic heterocycles. The highest BCUT2D eigenvalue weighted by Crippen LogP contribution is 2.37. The molecule has 5 nitrogen and oxygen atoms in total. The van der Waals surface area contributed by atoms with Gasteiger partial charge in [0.15, 0.2) is 0 Å². The molecule has 5 heteroatoms. The van der Waals surface area contributed by atoms with Crippen LogP contribution in [0.4, 0.5) is 0 Å². The van der Waals surface area contributed by atoms with Gasteiger partial charge in [-0.3, -0.25) is 4.79 Å². The Kier molecular flexibility index (Phi) is 6.12. The summed E-state index contributed by atoms with van der Waals surface area (Å²) in [5.74, 6) is 2.11. The molecule has 0 aromatic carbocycles. The van der Waals surface area contributed by atoms with E-state index in [1.165, 1.54) is 18.7 Å². The number of nitrogens with zero attached hydrogens (tertiary/aromatic N) is 2. The number of nitrogens with one attached hydrogen (secondary N) is 1. The molecule has 0 aromatic rings. The number of ether oxygens (including phenoxy) is 1. The Morgan fingerprint density at radius 2 is 2.14 bits per heavy atom. The molecular formula is C17H31N3O2. The standard InChI is InChI=1S/C17H31N3O2/c1-5-14(22-4)11-17(21)20-10-9-19(16(6-2)18-3)12-15(20)13-7-8-13/h6,13-15,18H,5,7-12H2,1-4H3/b16-6-/t14-,15+/m1/s1. The predicted octanol–water partition coefficient (Wildman–Crippen LogP) is 1.80. The van der Waals surface area contributed by atoms with Crippen LogP contribution in [0.3, 0.4) is 0 Å². The lowest BCUT2D eigenvalue weighted by Crippen LogP contribution is -2.57. The zero-order valence-corrected chi connectivity index (χ0v) is 14.5. The molecule has 1 amide bonds. The summed E-state index contributed by atoms with van der Waals surface area (Å²) in [5.41, 5.74) is 0. The maximum absolute atomic E-state index is 12.7. The predicted molar refractivity (Wildman–Crippen MR) is 88.3 cm³/mol. The zero-order valence-electron chi connectivity index (χ0n) is 14.5. The van der Waals surface area contributed by atoms with Gasteiger partial charge in [0.2, 0.25) is 5.91 Å². The smallest absolute Gasteiger partial charge is 0.225 e. The van der Waals surface area contributed by atoms with Crippen LogP contribution in [0, 0.1) is 5.92 Å². The van der Waals surface area contributed by atoms with Crippen LogP contribution in [-0.4, -0.2) is 61.6 Å². The maximum Gasteiger partial charge on any atom is 0.225 e. The Morgan fingerprint density at radius 1 is 1.41 bits per heavy atom. The molecule has 1 aliphatic carbocycles. The fourth-order valence-corrected chi connectivity index (χ4v) is 3.41. The molecule has 2 rings (SSSR count). The highest BCUT2D eigenvalue weighted by Gasteiger charge is 2.41. The Bertz CT molecular complexity index is 403. The van der Waals surface area contributed by atoms with Crippen molar-refractivity contribution in [2.24, 2.45) is 5.92 Å². The Labute approximate surface area is 134 Å². The van der Waals surface area contributed by atoms with Gasteiger partial charge in [0, 0.05) is 33.8 Å². The highest BCUT2D eigenvalue weighted by molar-refractivity contribution is 5.77. The molecule has 0 unspecified atom stereocenters. The van der Waals surface area contributed by atoms with E-state index < -0.39 is 0 Å². The first-order valence-electron chi connectivity index (χ1n) is 8.55. The van der Waals surface area contributed by atoms with E-state index in [1.807, 2.05) is 7.05 Å². The van der Waals surface area contributed by atoms with Gasteiger partial charge >= 0.3 is 0 Å². The molecule has 22 heavy (non-hydrogen) atoms. The summed E-state index contributed by atoms with van der Waals surface area (Å²) in [6.07, 6.45) is 6.08. The van der Waals surface area contributed by atoms with E-state index in [0.717, 1.165) is 26.1 Å². The van der Waals surface area contributed by atoms with Gasteiger partial charge in [-0.05, 0) is 38.2 Å². The Balaban J connectivity index is 2.01. The number of carbonyl (C=O) groups excluding carboxylic acids is 1. The molecule has 1 saturated carbocycles. The molecule has 2 atom stereocenters. The minimum absolute atomic E-state index is 0.0498. The third-order valence-electron chi connectivity index (χ3n) is 4.97. The Morgan fingerprint density at radius 3 is 2.64 bits per heavy atom. The van der Waals surface area contributed by atoms with E-state index in [1.54, 1.807) is 7.11 Å². The van der Waals surface area contributed by atoms with Crippen LogP contribution in [0.1, 0.15) is 39.5 Å². The first-order valence-corrected chi connectivity index (χ1v) is 8.55. The fraction of sp³-hybridized carbons (Fsp3) is 0.824. The summed E-state index contributed by atoms with van der Waals surface area (Å²) in [6.45, 7) is 6.79. The number of piperazine rings is 1. The summed E-state index contributed by atoms with van der Waals surface area (Å²) in [7, 11) is 3.66. The number of hydrogen-bond acceptors (Lipinski definition) is 4. The molecule has 0 radical (unpaired) electrons. The van der Waals surface area contributed by atoms with Crippen LogP contribution in [-0.2, 0) is 9.53 Å². The van der Waals surface area contributed by atoms with E-state index >= 15 is 0 Å². The van der Waals surface area contributed by atoms with Crippen LogP contribution in [0.15, 0.2) is 11.9 Å². The van der Waals surface area contributed by atoms with Gasteiger partial charge in [0.25, 0.3) is 0 Å². The first-order chi connectivity index (χ1) is 10.6. The SMILES string of the molecule is C/C=C(/NC)N1CCN(C(=O)C[C@@H](CC)OC)[C@H](C2CC2)C1. The molecular weight excluding hydrogens is 278 g/mol. The second-order valence-electron chi connectivity index (χ2n) is 6.33. The summed E-state index contributed by atoms with van der Waals surface area (Å²) in [5, 5.41) is 3.26. The summed E-state index contributed by atoms with van der Waals surface area (Å²) in [4.78, 5) is 17.2. The number of methoxy groups -OCH3 is 1. The third-order valence-corrected chi connectivity index (χ3v) is 4.97. The maximum atomic E-state index is 12.7. The lowest BCUT2D eigenvalue weighted by Gasteiger charge is -2.43. The molecule has 1 N–H and O–H groups in total. The summed E-state index contributed by atoms with van der Waals surface area (Å²) >= 11 is 0. The average molecular weight is 309 g/mol. The third kappa shape index (κ3) is 3.94. The summed E-state index contributed by atoms with van der Waals surface area (Å²) in [6, 6.07) is 0.360. The van der Waals surface area contributed by atoms with Gasteiger partial charge in [-0.1, -0.05) is 6.92 Å². The van der Waals surface area contributed by atoms with Crippen molar-refractivity contribution in [2.45, 2.75) is 51.7 Å². The van der Waals surface area contributed by atoms with Crippen molar-refractivity contribution in [3.8, 4) is 0 Å². The van der Waals surface area contributed by atoms with Gasteiger partial charge in [0.05, 0.1) is 24.4 Å². The van der Waals surface area contributed by atoms with Crippen molar-refractivity contribution < 1.29 is 9.53 Å². The van der Waals surface area contributed by atoms with Crippen LogP contribution >= 0.6 is 0 Å². The molecule has 2 fully saturated rings. The second kappa shape index (κ2) is 7.86. The van der Waals surface area contributed by atoms with Crippen LogP contribution in [0.5, 0.6) is 0 Å². The van der Waals surface area contributed by atoms with Crippen molar-refractivity contribution in [3.05, 3.63) is 11.9 Å². The number of amides is 1. The van der Waals surface area contributed by atoms with E-state index in [2.05, 4.69) is 35.0 Å². The van der Waals surface area contributed by atoms with Crippen molar-refractivity contribution in [1.82, 2.24) is 15.1 Å². The van der Waals surface area contributed by atoms with Gasteiger partial charge < -0.3 is 19.9 Å². The minimum Gasteiger partial charge on any atom is -0.381 e. The monoisotopic (exact) mass is 309 g/mol. The van der Waals surface area contributed by atoms with E-state index in [9.17, 15) is 4.79 Å². The lowest BCUT2D eigenvalue weighted by atomic mass is 10.0. The van der Waals surface area contributed by atoms with Crippen molar-refractivity contribution >= 4 is 5.91 Å². The number of rotatable bonds is 7. The molecule has 126 valence electrons. The summed E-state index contributed by atoms with van der Waals surface area (Å²) < 4.78 is 5.39.